The zero-order valence-corrected chi connectivity index (χ0v) is 28.2. The number of carbonyl (C=O) groups is 3. The third kappa shape index (κ3) is 5.44. The number of carbonyl (C=O) groups excluding carboxylic acids is 3. The van der Waals surface area contributed by atoms with Crippen LogP contribution in [0.25, 0.3) is 22.2 Å². The number of phenolic OH excluding ortho intramolecular Hbond substituents is 2. The second kappa shape index (κ2) is 12.6. The minimum absolute atomic E-state index is 0.0388. The van der Waals surface area contributed by atoms with Crippen LogP contribution in [0.5, 0.6) is 23.0 Å². The van der Waals surface area contributed by atoms with Gasteiger partial charge in [0.1, 0.15) is 28.7 Å². The second-order valence-electron chi connectivity index (χ2n) is 12.9. The van der Waals surface area contributed by atoms with E-state index in [1.165, 1.54) is 30.3 Å². The zero-order valence-electron chi connectivity index (χ0n) is 28.2. The van der Waals surface area contributed by atoms with E-state index in [1.54, 1.807) is 53.3 Å². The molecule has 266 valence electrons. The standard InChI is InChI=1S/C40H29N7O7/c48-26-10-13-31-34(18-26)53-35-19-27(49)11-14-32(35)40(31)30-12-7-23(17-29(30)39(52)54-40)37(50)41-15-2-16-47-21-33(44-46-47)22-5-8-25(9-6-22)43-38(51)28-4-1-3-24-20-42-45-36(24)28/h1,3-14,17-21,48-49H,2,15-16H2,(H,41,50)(H,42,45)(H,43,51). The molecule has 5 aromatic carbocycles. The molecule has 0 atom stereocenters. The highest BCUT2D eigenvalue weighted by molar-refractivity contribution is 6.11. The molecule has 2 aliphatic rings. The van der Waals surface area contributed by atoms with Crippen LogP contribution in [-0.2, 0) is 16.9 Å². The van der Waals surface area contributed by atoms with Crippen LogP contribution in [0, 0.1) is 0 Å². The molecule has 4 heterocycles. The van der Waals surface area contributed by atoms with Crippen LogP contribution in [0.4, 0.5) is 5.69 Å². The van der Waals surface area contributed by atoms with Crippen molar-refractivity contribution < 1.29 is 34.1 Å². The molecule has 0 unspecified atom stereocenters. The predicted molar refractivity (Wildman–Crippen MR) is 194 cm³/mol. The smallest absolute Gasteiger partial charge is 0.340 e. The molecule has 7 aromatic rings. The summed E-state index contributed by atoms with van der Waals surface area (Å²) in [6, 6.07) is 26.6. The van der Waals surface area contributed by atoms with Gasteiger partial charge in [-0.2, -0.15) is 5.10 Å². The van der Waals surface area contributed by atoms with Crippen molar-refractivity contribution >= 4 is 34.4 Å². The van der Waals surface area contributed by atoms with E-state index < -0.39 is 11.6 Å². The molecule has 0 saturated carbocycles. The highest BCUT2D eigenvalue weighted by Gasteiger charge is 2.53. The van der Waals surface area contributed by atoms with Gasteiger partial charge in [0.25, 0.3) is 11.8 Å². The maximum absolute atomic E-state index is 13.4. The summed E-state index contributed by atoms with van der Waals surface area (Å²) >= 11 is 0. The fourth-order valence-electron chi connectivity index (χ4n) is 7.01. The highest BCUT2D eigenvalue weighted by Crippen LogP contribution is 2.57. The number of hydrogen-bond donors (Lipinski definition) is 5. The van der Waals surface area contributed by atoms with E-state index in [4.69, 9.17) is 9.47 Å². The van der Waals surface area contributed by atoms with Crippen molar-refractivity contribution in [1.82, 2.24) is 30.5 Å². The van der Waals surface area contributed by atoms with E-state index in [0.29, 0.717) is 58.7 Å². The van der Waals surface area contributed by atoms with Crippen LogP contribution in [0.15, 0.2) is 109 Å². The van der Waals surface area contributed by atoms with Gasteiger partial charge in [0.2, 0.25) is 0 Å². The Hall–Kier alpha value is -7.48. The Kier molecular flexibility index (Phi) is 7.58. The quantitative estimate of drug-likeness (QED) is 0.0937. The molecule has 2 aromatic heterocycles. The molecule has 2 aliphatic heterocycles. The number of aromatic nitrogens is 5. The van der Waals surface area contributed by atoms with Gasteiger partial charge in [-0.25, -0.2) is 4.79 Å². The van der Waals surface area contributed by atoms with Gasteiger partial charge >= 0.3 is 5.97 Å². The predicted octanol–water partition coefficient (Wildman–Crippen LogP) is 5.87. The first-order chi connectivity index (χ1) is 26.3. The van der Waals surface area contributed by atoms with Gasteiger partial charge in [0, 0.05) is 64.1 Å². The zero-order chi connectivity index (χ0) is 37.0. The molecule has 0 aliphatic carbocycles. The van der Waals surface area contributed by atoms with E-state index in [0.717, 1.165) is 10.9 Å². The number of esters is 1. The molecule has 1 spiro atoms. The Balaban J connectivity index is 0.836. The number of ether oxygens (including phenoxy) is 2. The first-order valence-corrected chi connectivity index (χ1v) is 17.0. The molecular weight excluding hydrogens is 690 g/mol. The molecule has 0 saturated heterocycles. The summed E-state index contributed by atoms with van der Waals surface area (Å²) in [4.78, 5) is 39.5. The van der Waals surface area contributed by atoms with Crippen molar-refractivity contribution in [2.75, 3.05) is 11.9 Å². The number of para-hydroxylation sites is 1. The lowest BCUT2D eigenvalue weighted by Gasteiger charge is -2.36. The highest BCUT2D eigenvalue weighted by atomic mass is 16.6. The second-order valence-corrected chi connectivity index (χ2v) is 12.9. The van der Waals surface area contributed by atoms with Crippen LogP contribution in [0.2, 0.25) is 0 Å². The number of aromatic amines is 1. The number of nitrogens with one attached hydrogen (secondary N) is 3. The van der Waals surface area contributed by atoms with Gasteiger partial charge in [0.15, 0.2) is 5.60 Å². The molecule has 0 radical (unpaired) electrons. The SMILES string of the molecule is O=C(NCCCn1cc(-c2ccc(NC(=O)c3cccc4cn[nH]c34)cc2)nn1)c1ccc2c(c1)C(=O)OC21c2ccc(O)cc2Oc2cc(O)ccc21. The van der Waals surface area contributed by atoms with Gasteiger partial charge in [0.05, 0.1) is 29.0 Å². The van der Waals surface area contributed by atoms with Crippen LogP contribution in [0.3, 0.4) is 0 Å². The van der Waals surface area contributed by atoms with Crippen LogP contribution < -0.4 is 15.4 Å². The maximum atomic E-state index is 13.4. The van der Waals surface area contributed by atoms with E-state index in [1.807, 2.05) is 30.5 Å². The number of phenols is 2. The number of nitrogens with zero attached hydrogens (tertiary/aromatic N) is 4. The Morgan fingerprint density at radius 2 is 1.59 bits per heavy atom. The average molecular weight is 720 g/mol. The lowest BCUT2D eigenvalue weighted by molar-refractivity contribution is 0.0224. The van der Waals surface area contributed by atoms with Crippen molar-refractivity contribution in [2.24, 2.45) is 0 Å². The van der Waals surface area contributed by atoms with E-state index in [9.17, 15) is 24.6 Å². The topological polar surface area (TPSA) is 194 Å². The number of amides is 2. The largest absolute Gasteiger partial charge is 0.508 e. The molecule has 14 heteroatoms. The average Bonchev–Trinajstić information content (AvgIpc) is 3.92. The summed E-state index contributed by atoms with van der Waals surface area (Å²) in [5.74, 6) is -0.763. The number of aromatic hydroxyl groups is 2. The minimum atomic E-state index is -1.41. The van der Waals surface area contributed by atoms with Crippen molar-refractivity contribution in [3.8, 4) is 34.3 Å². The number of aryl methyl sites for hydroxylation is 1. The van der Waals surface area contributed by atoms with E-state index in [2.05, 4.69) is 31.1 Å². The molecule has 14 nitrogen and oxygen atoms in total. The Bertz CT molecular complexity index is 2600. The molecule has 9 rings (SSSR count). The van der Waals surface area contributed by atoms with Crippen molar-refractivity contribution in [2.45, 2.75) is 18.6 Å². The first-order valence-electron chi connectivity index (χ1n) is 17.0. The number of rotatable bonds is 8. The summed E-state index contributed by atoms with van der Waals surface area (Å²) in [5.41, 5.74) is 3.89. The minimum Gasteiger partial charge on any atom is -0.508 e. The number of benzene rings is 5. The van der Waals surface area contributed by atoms with Crippen molar-refractivity contribution in [3.05, 3.63) is 143 Å². The van der Waals surface area contributed by atoms with Gasteiger partial charge in [-0.15, -0.1) is 5.10 Å². The third-order valence-corrected chi connectivity index (χ3v) is 9.58. The summed E-state index contributed by atoms with van der Waals surface area (Å²) in [6.45, 7) is 0.830. The fraction of sp³-hybridized carbons (Fsp3) is 0.100. The Morgan fingerprint density at radius 1 is 0.852 bits per heavy atom. The summed E-state index contributed by atoms with van der Waals surface area (Å²) < 4.78 is 13.8. The summed E-state index contributed by atoms with van der Waals surface area (Å²) in [5, 5.41) is 42.3. The number of hydrogen-bond acceptors (Lipinski definition) is 10. The normalized spacial score (nSPS) is 13.4. The van der Waals surface area contributed by atoms with Gasteiger partial charge in [-0.3, -0.25) is 19.4 Å². The summed E-state index contributed by atoms with van der Waals surface area (Å²) in [7, 11) is 0. The number of H-pyrrole nitrogens is 1. The van der Waals surface area contributed by atoms with Crippen molar-refractivity contribution in [3.63, 3.8) is 0 Å². The van der Waals surface area contributed by atoms with Gasteiger partial charge in [-0.1, -0.05) is 35.5 Å². The molecular formula is C40H29N7O7. The Morgan fingerprint density at radius 3 is 2.35 bits per heavy atom. The number of fused-ring (bicyclic) bond motifs is 7. The third-order valence-electron chi connectivity index (χ3n) is 9.58. The number of anilines is 1. The van der Waals surface area contributed by atoms with Crippen molar-refractivity contribution in [1.29, 1.82) is 0 Å². The Labute approximate surface area is 306 Å². The lowest BCUT2D eigenvalue weighted by Crippen LogP contribution is -2.33. The van der Waals surface area contributed by atoms with Gasteiger partial charge in [-0.05, 0) is 61.0 Å². The fourth-order valence-corrected chi connectivity index (χ4v) is 7.01. The molecule has 5 N–H and O–H groups in total. The molecule has 0 fully saturated rings. The van der Waals surface area contributed by atoms with Crippen LogP contribution >= 0.6 is 0 Å². The molecule has 2 amide bonds. The van der Waals surface area contributed by atoms with E-state index in [-0.39, 0.29) is 45.9 Å². The van der Waals surface area contributed by atoms with Crippen LogP contribution in [0.1, 0.15) is 54.2 Å². The maximum Gasteiger partial charge on any atom is 0.340 e. The van der Waals surface area contributed by atoms with E-state index >= 15 is 0 Å². The molecule has 54 heavy (non-hydrogen) atoms. The molecule has 0 bridgehead atoms. The summed E-state index contributed by atoms with van der Waals surface area (Å²) in [6.07, 6.45) is 4.04. The lowest BCUT2D eigenvalue weighted by atomic mass is 9.77. The van der Waals surface area contributed by atoms with Gasteiger partial charge < -0.3 is 30.3 Å². The monoisotopic (exact) mass is 719 g/mol. The van der Waals surface area contributed by atoms with Crippen LogP contribution in [-0.4, -0.2) is 59.7 Å². The first kappa shape index (κ1) is 32.4.